The van der Waals surface area contributed by atoms with Gasteiger partial charge in [-0.15, -0.1) is 11.8 Å². The second-order valence-corrected chi connectivity index (χ2v) is 9.11. The summed E-state index contributed by atoms with van der Waals surface area (Å²) in [6.45, 7) is 2.19. The smallest absolute Gasteiger partial charge is 0.263 e. The van der Waals surface area contributed by atoms with Gasteiger partial charge in [-0.05, 0) is 24.6 Å². The van der Waals surface area contributed by atoms with Crippen LogP contribution in [0.3, 0.4) is 0 Å². The molecule has 0 spiro atoms. The number of imidazole rings is 1. The summed E-state index contributed by atoms with van der Waals surface area (Å²) in [6, 6.07) is 5.13. The van der Waals surface area contributed by atoms with Crippen LogP contribution < -0.4 is 0 Å². The molecule has 1 fully saturated rings. The van der Waals surface area contributed by atoms with E-state index in [1.54, 1.807) is 48.5 Å². The number of hydrogen-bond donors (Lipinski definition) is 0. The lowest BCUT2D eigenvalue weighted by Crippen LogP contribution is -2.31. The second-order valence-electron chi connectivity index (χ2n) is 5.24. The van der Waals surface area contributed by atoms with Gasteiger partial charge in [0.15, 0.2) is 5.03 Å². The second kappa shape index (κ2) is 6.29. The highest BCUT2D eigenvalue weighted by Crippen LogP contribution is 2.44. The average molecular weight is 392 g/mol. The van der Waals surface area contributed by atoms with Crippen LogP contribution in [0.5, 0.6) is 0 Å². The first-order valence-electron chi connectivity index (χ1n) is 6.89. The number of benzene rings is 1. The highest BCUT2D eigenvalue weighted by Gasteiger charge is 2.39. The molecule has 0 aliphatic carbocycles. The minimum absolute atomic E-state index is 0.0649. The van der Waals surface area contributed by atoms with Gasteiger partial charge < -0.3 is 4.57 Å². The number of sulfonamides is 1. The van der Waals surface area contributed by atoms with Gasteiger partial charge in [0.05, 0.1) is 5.37 Å². The predicted octanol–water partition coefficient (Wildman–Crippen LogP) is 3.47. The lowest BCUT2D eigenvalue weighted by Gasteiger charge is -2.23. The van der Waals surface area contributed by atoms with Crippen molar-refractivity contribution in [1.29, 1.82) is 0 Å². The van der Waals surface area contributed by atoms with E-state index in [2.05, 4.69) is 4.98 Å². The molecule has 1 saturated heterocycles. The largest absolute Gasteiger partial charge is 0.337 e. The zero-order valence-electron chi connectivity index (χ0n) is 12.5. The summed E-state index contributed by atoms with van der Waals surface area (Å²) in [7, 11) is -1.90. The highest BCUT2D eigenvalue weighted by molar-refractivity contribution is 8.01. The fourth-order valence-electron chi connectivity index (χ4n) is 2.42. The molecule has 3 rings (SSSR count). The van der Waals surface area contributed by atoms with Gasteiger partial charge in [-0.1, -0.05) is 29.3 Å². The van der Waals surface area contributed by atoms with E-state index in [1.807, 2.05) is 0 Å². The highest BCUT2D eigenvalue weighted by atomic mass is 35.5. The van der Waals surface area contributed by atoms with Crippen LogP contribution in [0, 0.1) is 6.92 Å². The van der Waals surface area contributed by atoms with Gasteiger partial charge in [0, 0.05) is 35.6 Å². The van der Waals surface area contributed by atoms with Crippen LogP contribution in [-0.2, 0) is 17.1 Å². The van der Waals surface area contributed by atoms with Gasteiger partial charge in [-0.25, -0.2) is 13.4 Å². The van der Waals surface area contributed by atoms with Gasteiger partial charge in [0.25, 0.3) is 10.0 Å². The Balaban J connectivity index is 2.01. The van der Waals surface area contributed by atoms with Crippen molar-refractivity contribution in [2.24, 2.45) is 7.05 Å². The minimum atomic E-state index is -3.68. The number of aryl methyl sites for hydroxylation is 2. The van der Waals surface area contributed by atoms with Crippen LogP contribution in [0.4, 0.5) is 0 Å². The summed E-state index contributed by atoms with van der Waals surface area (Å²) in [4.78, 5) is 4.16. The SMILES string of the molecule is Cc1nc(S(=O)(=O)N2CCSC2c2ccc(Cl)cc2Cl)cn1C. The number of aromatic nitrogens is 2. The first-order valence-corrected chi connectivity index (χ1v) is 10.1. The molecule has 0 radical (unpaired) electrons. The fourth-order valence-corrected chi connectivity index (χ4v) is 6.29. The van der Waals surface area contributed by atoms with Crippen molar-refractivity contribution in [2.45, 2.75) is 17.3 Å². The Kier molecular flexibility index (Phi) is 4.68. The van der Waals surface area contributed by atoms with Gasteiger partial charge in [-0.3, -0.25) is 0 Å². The summed E-state index contributed by atoms with van der Waals surface area (Å²) in [5.74, 6) is 1.35. The van der Waals surface area contributed by atoms with E-state index >= 15 is 0 Å². The van der Waals surface area contributed by atoms with Crippen molar-refractivity contribution in [3.05, 3.63) is 45.8 Å². The number of nitrogens with zero attached hydrogens (tertiary/aromatic N) is 3. The van der Waals surface area contributed by atoms with Crippen molar-refractivity contribution >= 4 is 45.0 Å². The van der Waals surface area contributed by atoms with Crippen LogP contribution in [0.25, 0.3) is 0 Å². The maximum absolute atomic E-state index is 12.9. The standard InChI is InChI=1S/C14H15Cl2N3O2S2/c1-9-17-13(8-18(9)2)23(20,21)19-5-6-22-14(19)11-4-3-10(15)7-12(11)16/h3-4,7-8,14H,5-6H2,1-2H3. The molecule has 1 aliphatic heterocycles. The molecule has 124 valence electrons. The van der Waals surface area contributed by atoms with Gasteiger partial charge in [0.2, 0.25) is 0 Å². The van der Waals surface area contributed by atoms with Crippen LogP contribution >= 0.6 is 35.0 Å². The summed E-state index contributed by atoms with van der Waals surface area (Å²) in [5.41, 5.74) is 0.745. The van der Waals surface area contributed by atoms with Crippen molar-refractivity contribution in [3.8, 4) is 0 Å². The van der Waals surface area contributed by atoms with E-state index in [4.69, 9.17) is 23.2 Å². The summed E-state index contributed by atoms with van der Waals surface area (Å²) >= 11 is 13.7. The maximum atomic E-state index is 12.9. The molecule has 1 aromatic heterocycles. The Morgan fingerprint density at radius 1 is 1.35 bits per heavy atom. The molecule has 23 heavy (non-hydrogen) atoms. The van der Waals surface area contributed by atoms with E-state index in [0.29, 0.717) is 28.2 Å². The van der Waals surface area contributed by atoms with Crippen molar-refractivity contribution in [2.75, 3.05) is 12.3 Å². The lowest BCUT2D eigenvalue weighted by molar-refractivity contribution is 0.432. The Bertz CT molecular complexity index is 832. The number of thioether (sulfide) groups is 1. The van der Waals surface area contributed by atoms with Crippen molar-refractivity contribution in [3.63, 3.8) is 0 Å². The average Bonchev–Trinajstić information content (AvgIpc) is 3.07. The van der Waals surface area contributed by atoms with E-state index in [0.717, 1.165) is 5.56 Å². The minimum Gasteiger partial charge on any atom is -0.337 e. The normalized spacial score (nSPS) is 19.4. The van der Waals surface area contributed by atoms with Crippen LogP contribution in [0.15, 0.2) is 29.4 Å². The molecule has 0 N–H and O–H groups in total. The molecule has 1 atom stereocenters. The number of hydrogen-bond acceptors (Lipinski definition) is 4. The number of rotatable bonds is 3. The molecule has 5 nitrogen and oxygen atoms in total. The summed E-state index contributed by atoms with van der Waals surface area (Å²) in [6.07, 6.45) is 1.54. The van der Waals surface area contributed by atoms with Crippen LogP contribution in [0.2, 0.25) is 10.0 Å². The molecule has 1 unspecified atom stereocenters. The Labute approximate surface area is 149 Å². The molecule has 1 aromatic carbocycles. The lowest BCUT2D eigenvalue weighted by atomic mass is 10.2. The van der Waals surface area contributed by atoms with Gasteiger partial charge in [-0.2, -0.15) is 4.31 Å². The monoisotopic (exact) mass is 391 g/mol. The summed E-state index contributed by atoms with van der Waals surface area (Å²) in [5, 5.41) is 0.688. The molecule has 1 aliphatic rings. The van der Waals surface area contributed by atoms with Crippen LogP contribution in [0.1, 0.15) is 16.8 Å². The molecular weight excluding hydrogens is 377 g/mol. The Hall–Kier alpha value is -0.730. The zero-order valence-corrected chi connectivity index (χ0v) is 15.7. The first-order chi connectivity index (χ1) is 10.8. The molecule has 2 heterocycles. The molecule has 9 heteroatoms. The van der Waals surface area contributed by atoms with E-state index in [9.17, 15) is 8.42 Å². The molecule has 0 bridgehead atoms. The molecule has 0 amide bonds. The van der Waals surface area contributed by atoms with E-state index < -0.39 is 10.0 Å². The first kappa shape index (κ1) is 17.1. The Morgan fingerprint density at radius 3 is 2.70 bits per heavy atom. The maximum Gasteiger partial charge on any atom is 0.263 e. The summed E-state index contributed by atoms with van der Waals surface area (Å²) < 4.78 is 29.0. The van der Waals surface area contributed by atoms with E-state index in [1.165, 1.54) is 10.5 Å². The van der Waals surface area contributed by atoms with Gasteiger partial charge in [0.1, 0.15) is 5.82 Å². The fraction of sp³-hybridized carbons (Fsp3) is 0.357. The van der Waals surface area contributed by atoms with Crippen LogP contribution in [-0.4, -0.2) is 34.6 Å². The number of halogens is 2. The predicted molar refractivity (Wildman–Crippen MR) is 93.5 cm³/mol. The quantitative estimate of drug-likeness (QED) is 0.803. The third kappa shape index (κ3) is 3.13. The molecule has 2 aromatic rings. The topological polar surface area (TPSA) is 55.2 Å². The van der Waals surface area contributed by atoms with E-state index in [-0.39, 0.29) is 10.4 Å². The van der Waals surface area contributed by atoms with Crippen molar-refractivity contribution < 1.29 is 8.42 Å². The molecular formula is C14H15Cl2N3O2S2. The third-order valence-electron chi connectivity index (χ3n) is 3.74. The molecule has 0 saturated carbocycles. The zero-order chi connectivity index (χ0) is 16.8. The third-order valence-corrected chi connectivity index (χ3v) is 7.41. The Morgan fingerprint density at radius 2 is 2.09 bits per heavy atom. The van der Waals surface area contributed by atoms with Gasteiger partial charge >= 0.3 is 0 Å². The van der Waals surface area contributed by atoms with Crippen molar-refractivity contribution in [1.82, 2.24) is 13.9 Å².